The summed E-state index contributed by atoms with van der Waals surface area (Å²) >= 11 is 0. The van der Waals surface area contributed by atoms with Gasteiger partial charge in [-0.25, -0.2) is 0 Å². The van der Waals surface area contributed by atoms with Crippen molar-refractivity contribution in [1.82, 2.24) is 4.90 Å². The second-order valence-corrected chi connectivity index (χ2v) is 3.97. The van der Waals surface area contributed by atoms with E-state index < -0.39 is 0 Å². The molecule has 2 rings (SSSR count). The largest absolute Gasteiger partial charge is 0.354 e. The lowest BCUT2D eigenvalue weighted by Crippen LogP contribution is -2.29. The predicted octanol–water partition coefficient (Wildman–Crippen LogP) is 2.42. The van der Waals surface area contributed by atoms with Crippen molar-refractivity contribution in [2.45, 2.75) is 32.2 Å². The monoisotopic (exact) mass is 191 g/mol. The number of ether oxygens (including phenoxy) is 1. The van der Waals surface area contributed by atoms with Crippen LogP contribution in [0.3, 0.4) is 0 Å². The van der Waals surface area contributed by atoms with Gasteiger partial charge in [0.1, 0.15) is 6.23 Å². The Morgan fingerprint density at radius 2 is 1.79 bits per heavy atom. The zero-order valence-electron chi connectivity index (χ0n) is 8.97. The van der Waals surface area contributed by atoms with Gasteiger partial charge < -0.3 is 4.74 Å². The summed E-state index contributed by atoms with van der Waals surface area (Å²) in [6.07, 6.45) is 0.436. The molecular formula is C12H17NO. The molecule has 0 spiro atoms. The molecular weight excluding hydrogens is 174 g/mol. The van der Waals surface area contributed by atoms with E-state index >= 15 is 0 Å². The Kier molecular flexibility index (Phi) is 2.57. The fraction of sp³-hybridized carbons (Fsp3) is 0.500. The van der Waals surface area contributed by atoms with Crippen LogP contribution >= 0.6 is 0 Å². The van der Waals surface area contributed by atoms with E-state index in [4.69, 9.17) is 4.74 Å². The van der Waals surface area contributed by atoms with Crippen LogP contribution in [0.1, 0.15) is 25.5 Å². The quantitative estimate of drug-likeness (QED) is 0.676. The molecule has 1 unspecified atom stereocenters. The molecule has 76 valence electrons. The first-order chi connectivity index (χ1) is 6.70. The van der Waals surface area contributed by atoms with Crippen molar-refractivity contribution in [2.75, 3.05) is 7.05 Å². The second-order valence-electron chi connectivity index (χ2n) is 3.97. The van der Waals surface area contributed by atoms with Gasteiger partial charge in [-0.2, -0.15) is 0 Å². The first-order valence-electron chi connectivity index (χ1n) is 5.12. The summed E-state index contributed by atoms with van der Waals surface area (Å²) in [5, 5.41) is 0. The van der Waals surface area contributed by atoms with Crippen LogP contribution in [0.25, 0.3) is 0 Å². The van der Waals surface area contributed by atoms with E-state index in [1.54, 1.807) is 0 Å². The highest BCUT2D eigenvalue weighted by Crippen LogP contribution is 2.32. The average Bonchev–Trinajstić information content (AvgIpc) is 2.47. The van der Waals surface area contributed by atoms with Crippen LogP contribution in [0, 0.1) is 0 Å². The summed E-state index contributed by atoms with van der Waals surface area (Å²) in [4.78, 5) is 2.26. The molecule has 0 saturated carbocycles. The van der Waals surface area contributed by atoms with E-state index in [0.717, 1.165) is 0 Å². The van der Waals surface area contributed by atoms with E-state index in [9.17, 15) is 0 Å². The molecule has 2 heteroatoms. The first-order valence-corrected chi connectivity index (χ1v) is 5.12. The Morgan fingerprint density at radius 3 is 2.29 bits per heavy atom. The number of likely N-dealkylation sites (N-methyl/N-ethyl adjacent to an activating group) is 1. The second kappa shape index (κ2) is 3.71. The lowest BCUT2D eigenvalue weighted by Gasteiger charge is -2.18. The molecule has 1 saturated heterocycles. The van der Waals surface area contributed by atoms with E-state index in [1.807, 2.05) is 6.07 Å². The maximum atomic E-state index is 5.90. The summed E-state index contributed by atoms with van der Waals surface area (Å²) in [5.74, 6) is 0. The summed E-state index contributed by atoms with van der Waals surface area (Å²) in [7, 11) is 2.11. The van der Waals surface area contributed by atoms with Crippen LogP contribution in [0.2, 0.25) is 0 Å². The minimum Gasteiger partial charge on any atom is -0.354 e. The van der Waals surface area contributed by atoms with Crippen molar-refractivity contribution < 1.29 is 4.74 Å². The molecule has 0 N–H and O–H groups in total. The minimum atomic E-state index is 0.218. The molecule has 2 nitrogen and oxygen atoms in total. The molecule has 3 atom stereocenters. The van der Waals surface area contributed by atoms with Gasteiger partial charge in [0.15, 0.2) is 0 Å². The fourth-order valence-corrected chi connectivity index (χ4v) is 1.97. The lowest BCUT2D eigenvalue weighted by molar-refractivity contribution is 0.0208. The number of rotatable bonds is 1. The van der Waals surface area contributed by atoms with Gasteiger partial charge >= 0.3 is 0 Å². The highest BCUT2D eigenvalue weighted by Gasteiger charge is 2.34. The third-order valence-electron chi connectivity index (χ3n) is 3.13. The molecule has 0 aromatic heterocycles. The Hall–Kier alpha value is -0.860. The van der Waals surface area contributed by atoms with Gasteiger partial charge in [0, 0.05) is 6.04 Å². The molecule has 1 aliphatic heterocycles. The van der Waals surface area contributed by atoms with Crippen LogP contribution in [0.15, 0.2) is 30.3 Å². The van der Waals surface area contributed by atoms with Crippen LogP contribution in [-0.2, 0) is 4.74 Å². The van der Waals surface area contributed by atoms with Crippen molar-refractivity contribution in [3.8, 4) is 0 Å². The zero-order valence-corrected chi connectivity index (χ0v) is 8.97. The summed E-state index contributed by atoms with van der Waals surface area (Å²) in [6.45, 7) is 4.31. The van der Waals surface area contributed by atoms with Crippen LogP contribution in [0.4, 0.5) is 0 Å². The highest BCUT2D eigenvalue weighted by molar-refractivity contribution is 5.20. The third-order valence-corrected chi connectivity index (χ3v) is 3.13. The Bertz CT molecular complexity index is 298. The van der Waals surface area contributed by atoms with Crippen molar-refractivity contribution in [2.24, 2.45) is 0 Å². The van der Waals surface area contributed by atoms with Gasteiger partial charge in [-0.1, -0.05) is 30.3 Å². The number of hydrogen-bond acceptors (Lipinski definition) is 2. The van der Waals surface area contributed by atoms with Gasteiger partial charge in [-0.3, -0.25) is 4.90 Å². The van der Waals surface area contributed by atoms with E-state index in [-0.39, 0.29) is 12.3 Å². The smallest absolute Gasteiger partial charge is 0.108 e. The molecule has 1 heterocycles. The van der Waals surface area contributed by atoms with Gasteiger partial charge in [0.05, 0.1) is 6.10 Å². The highest BCUT2D eigenvalue weighted by atomic mass is 16.5. The first kappa shape index (κ1) is 9.69. The van der Waals surface area contributed by atoms with E-state index in [2.05, 4.69) is 50.1 Å². The number of nitrogens with zero attached hydrogens (tertiary/aromatic N) is 1. The molecule has 1 aromatic rings. The van der Waals surface area contributed by atoms with Crippen LogP contribution in [-0.4, -0.2) is 24.2 Å². The average molecular weight is 191 g/mol. The van der Waals surface area contributed by atoms with Gasteiger partial charge in [0.2, 0.25) is 0 Å². The van der Waals surface area contributed by atoms with Crippen LogP contribution < -0.4 is 0 Å². The summed E-state index contributed by atoms with van der Waals surface area (Å²) in [5.41, 5.74) is 1.27. The molecule has 0 radical (unpaired) electrons. The molecule has 1 aliphatic rings. The summed E-state index contributed by atoms with van der Waals surface area (Å²) in [6, 6.07) is 10.9. The zero-order chi connectivity index (χ0) is 10.1. The Morgan fingerprint density at radius 1 is 1.14 bits per heavy atom. The Labute approximate surface area is 85.5 Å². The topological polar surface area (TPSA) is 12.5 Å². The maximum absolute atomic E-state index is 5.90. The van der Waals surface area contributed by atoms with Gasteiger partial charge in [0.25, 0.3) is 0 Å². The number of benzene rings is 1. The lowest BCUT2D eigenvalue weighted by atomic mass is 10.0. The molecule has 1 aromatic carbocycles. The van der Waals surface area contributed by atoms with E-state index in [1.165, 1.54) is 5.56 Å². The standard InChI is InChI=1S/C12H17NO/c1-9-12(14-10(2)13(9)3)11-7-5-4-6-8-11/h4-10,12H,1-3H3/t9-,10?,12-/m0/s1. The molecule has 14 heavy (non-hydrogen) atoms. The van der Waals surface area contributed by atoms with Crippen molar-refractivity contribution in [3.05, 3.63) is 35.9 Å². The summed E-state index contributed by atoms with van der Waals surface area (Å²) < 4.78 is 5.90. The normalized spacial score (nSPS) is 33.5. The van der Waals surface area contributed by atoms with Gasteiger partial charge in [-0.05, 0) is 26.5 Å². The Balaban J connectivity index is 2.21. The van der Waals surface area contributed by atoms with Crippen molar-refractivity contribution >= 4 is 0 Å². The van der Waals surface area contributed by atoms with Crippen molar-refractivity contribution in [1.29, 1.82) is 0 Å². The SMILES string of the molecule is CC1O[C@H](c2ccccc2)[C@H](C)N1C. The maximum Gasteiger partial charge on any atom is 0.108 e. The van der Waals surface area contributed by atoms with Gasteiger partial charge in [-0.15, -0.1) is 0 Å². The predicted molar refractivity (Wildman–Crippen MR) is 57.0 cm³/mol. The molecule has 0 aliphatic carbocycles. The minimum absolute atomic E-state index is 0.218. The third kappa shape index (κ3) is 1.56. The molecule has 0 bridgehead atoms. The molecule has 1 fully saturated rings. The van der Waals surface area contributed by atoms with Crippen molar-refractivity contribution in [3.63, 3.8) is 0 Å². The number of hydrogen-bond donors (Lipinski definition) is 0. The fourth-order valence-electron chi connectivity index (χ4n) is 1.97. The van der Waals surface area contributed by atoms with Crippen LogP contribution in [0.5, 0.6) is 0 Å². The molecule has 0 amide bonds. The van der Waals surface area contributed by atoms with E-state index in [0.29, 0.717) is 6.04 Å².